The zero-order chi connectivity index (χ0) is 13.5. The standard InChI is InChI=1S/C16H26N2O/c1-3-15-10-14(4-5-16(15)19-2)12-18-9-7-13-6-8-17-11-13/h4-5,10,13,17-18H,3,6-9,11-12H2,1-2H3. The number of nitrogens with one attached hydrogen (secondary N) is 2. The van der Waals surface area contributed by atoms with Crippen LogP contribution in [-0.4, -0.2) is 26.7 Å². The molecule has 0 bridgehead atoms. The average molecular weight is 262 g/mol. The lowest BCUT2D eigenvalue weighted by Crippen LogP contribution is -2.19. The van der Waals surface area contributed by atoms with Crippen molar-refractivity contribution in [1.82, 2.24) is 10.6 Å². The fourth-order valence-electron chi connectivity index (χ4n) is 2.72. The molecular formula is C16H26N2O. The zero-order valence-corrected chi connectivity index (χ0v) is 12.2. The monoisotopic (exact) mass is 262 g/mol. The third-order valence-corrected chi connectivity index (χ3v) is 3.95. The van der Waals surface area contributed by atoms with Crippen LogP contribution in [0.4, 0.5) is 0 Å². The molecule has 1 atom stereocenters. The largest absolute Gasteiger partial charge is 0.496 e. The Morgan fingerprint density at radius 3 is 3.00 bits per heavy atom. The Morgan fingerprint density at radius 1 is 1.42 bits per heavy atom. The first-order valence-electron chi connectivity index (χ1n) is 7.40. The van der Waals surface area contributed by atoms with Crippen LogP contribution in [0.3, 0.4) is 0 Å². The highest BCUT2D eigenvalue weighted by Crippen LogP contribution is 2.20. The first-order valence-corrected chi connectivity index (χ1v) is 7.40. The fourth-order valence-corrected chi connectivity index (χ4v) is 2.72. The molecule has 1 aromatic carbocycles. The van der Waals surface area contributed by atoms with Gasteiger partial charge in [-0.15, -0.1) is 0 Å². The molecule has 106 valence electrons. The van der Waals surface area contributed by atoms with Gasteiger partial charge in [-0.25, -0.2) is 0 Å². The molecule has 0 radical (unpaired) electrons. The highest BCUT2D eigenvalue weighted by molar-refractivity contribution is 5.37. The Balaban J connectivity index is 1.75. The molecule has 0 aromatic heterocycles. The lowest BCUT2D eigenvalue weighted by molar-refractivity contribution is 0.410. The lowest BCUT2D eigenvalue weighted by atomic mass is 10.0. The molecule has 1 unspecified atom stereocenters. The number of methoxy groups -OCH3 is 1. The maximum Gasteiger partial charge on any atom is 0.122 e. The Hall–Kier alpha value is -1.06. The van der Waals surface area contributed by atoms with Crippen LogP contribution in [0.25, 0.3) is 0 Å². The van der Waals surface area contributed by atoms with Gasteiger partial charge in [0, 0.05) is 6.54 Å². The number of benzene rings is 1. The van der Waals surface area contributed by atoms with Gasteiger partial charge in [-0.2, -0.15) is 0 Å². The molecule has 1 heterocycles. The van der Waals surface area contributed by atoms with Crippen molar-refractivity contribution >= 4 is 0 Å². The number of hydrogen-bond donors (Lipinski definition) is 2. The third-order valence-electron chi connectivity index (χ3n) is 3.95. The summed E-state index contributed by atoms with van der Waals surface area (Å²) in [6, 6.07) is 6.49. The number of rotatable bonds is 7. The zero-order valence-electron chi connectivity index (χ0n) is 12.2. The first kappa shape index (κ1) is 14.4. The van der Waals surface area contributed by atoms with E-state index in [9.17, 15) is 0 Å². The molecule has 1 aliphatic rings. The summed E-state index contributed by atoms with van der Waals surface area (Å²) in [6.45, 7) is 6.63. The maximum absolute atomic E-state index is 5.36. The van der Waals surface area contributed by atoms with E-state index in [0.717, 1.165) is 31.2 Å². The summed E-state index contributed by atoms with van der Waals surface area (Å²) in [7, 11) is 1.74. The van der Waals surface area contributed by atoms with Gasteiger partial charge < -0.3 is 15.4 Å². The van der Waals surface area contributed by atoms with Gasteiger partial charge in [-0.1, -0.05) is 19.1 Å². The smallest absolute Gasteiger partial charge is 0.122 e. The lowest BCUT2D eigenvalue weighted by Gasteiger charge is -2.11. The van der Waals surface area contributed by atoms with E-state index in [2.05, 4.69) is 35.8 Å². The molecular weight excluding hydrogens is 236 g/mol. The first-order chi connectivity index (χ1) is 9.33. The van der Waals surface area contributed by atoms with E-state index < -0.39 is 0 Å². The van der Waals surface area contributed by atoms with Crippen LogP contribution >= 0.6 is 0 Å². The number of ether oxygens (including phenoxy) is 1. The van der Waals surface area contributed by atoms with Crippen molar-refractivity contribution in [3.05, 3.63) is 29.3 Å². The Labute approximate surface area is 116 Å². The van der Waals surface area contributed by atoms with Gasteiger partial charge in [0.2, 0.25) is 0 Å². The fraction of sp³-hybridized carbons (Fsp3) is 0.625. The Morgan fingerprint density at radius 2 is 2.32 bits per heavy atom. The van der Waals surface area contributed by atoms with Crippen molar-refractivity contribution in [2.75, 3.05) is 26.7 Å². The minimum absolute atomic E-state index is 0.870. The van der Waals surface area contributed by atoms with Gasteiger partial charge in [0.15, 0.2) is 0 Å². The minimum Gasteiger partial charge on any atom is -0.496 e. The Kier molecular flexibility index (Phi) is 5.67. The van der Waals surface area contributed by atoms with Gasteiger partial charge in [0.05, 0.1) is 7.11 Å². The van der Waals surface area contributed by atoms with E-state index in [0.29, 0.717) is 0 Å². The summed E-state index contributed by atoms with van der Waals surface area (Å²) in [4.78, 5) is 0. The minimum atomic E-state index is 0.870. The molecule has 1 fully saturated rings. The van der Waals surface area contributed by atoms with Gasteiger partial charge >= 0.3 is 0 Å². The predicted molar refractivity (Wildman–Crippen MR) is 79.7 cm³/mol. The van der Waals surface area contributed by atoms with Crippen molar-refractivity contribution in [2.24, 2.45) is 5.92 Å². The molecule has 1 aromatic rings. The van der Waals surface area contributed by atoms with Gasteiger partial charge in [0.1, 0.15) is 5.75 Å². The van der Waals surface area contributed by atoms with E-state index in [1.807, 2.05) is 0 Å². The normalized spacial score (nSPS) is 18.7. The van der Waals surface area contributed by atoms with Crippen molar-refractivity contribution in [2.45, 2.75) is 32.7 Å². The SMILES string of the molecule is CCc1cc(CNCCC2CCNC2)ccc1OC. The van der Waals surface area contributed by atoms with E-state index >= 15 is 0 Å². The van der Waals surface area contributed by atoms with Crippen molar-refractivity contribution in [1.29, 1.82) is 0 Å². The molecule has 3 heteroatoms. The van der Waals surface area contributed by atoms with Gasteiger partial charge in [-0.05, 0) is 62.0 Å². The second kappa shape index (κ2) is 7.51. The molecule has 3 nitrogen and oxygen atoms in total. The number of hydrogen-bond acceptors (Lipinski definition) is 3. The second-order valence-electron chi connectivity index (χ2n) is 5.32. The summed E-state index contributed by atoms with van der Waals surface area (Å²) in [6.07, 6.45) is 3.64. The van der Waals surface area contributed by atoms with E-state index in [1.54, 1.807) is 7.11 Å². The summed E-state index contributed by atoms with van der Waals surface area (Å²) in [5.74, 6) is 1.87. The van der Waals surface area contributed by atoms with Crippen LogP contribution in [0, 0.1) is 5.92 Å². The topological polar surface area (TPSA) is 33.3 Å². The quantitative estimate of drug-likeness (QED) is 0.740. The summed E-state index contributed by atoms with van der Waals surface area (Å²) >= 11 is 0. The summed E-state index contributed by atoms with van der Waals surface area (Å²) in [5, 5.41) is 6.97. The highest BCUT2D eigenvalue weighted by atomic mass is 16.5. The molecule has 0 amide bonds. The summed E-state index contributed by atoms with van der Waals surface area (Å²) in [5.41, 5.74) is 2.64. The molecule has 1 saturated heterocycles. The number of aryl methyl sites for hydroxylation is 1. The predicted octanol–water partition coefficient (Wildman–Crippen LogP) is 2.35. The van der Waals surface area contributed by atoms with Crippen LogP contribution in [0.1, 0.15) is 30.9 Å². The maximum atomic E-state index is 5.36. The van der Waals surface area contributed by atoms with Crippen LogP contribution in [0.15, 0.2) is 18.2 Å². The molecule has 2 N–H and O–H groups in total. The molecule has 0 spiro atoms. The van der Waals surface area contributed by atoms with Gasteiger partial charge in [0.25, 0.3) is 0 Å². The van der Waals surface area contributed by atoms with Crippen molar-refractivity contribution in [3.8, 4) is 5.75 Å². The Bertz CT molecular complexity index is 386. The van der Waals surface area contributed by atoms with E-state index in [1.165, 1.54) is 37.1 Å². The molecule has 19 heavy (non-hydrogen) atoms. The third kappa shape index (κ3) is 4.22. The highest BCUT2D eigenvalue weighted by Gasteiger charge is 2.13. The molecule has 1 aliphatic heterocycles. The summed E-state index contributed by atoms with van der Waals surface area (Å²) < 4.78 is 5.36. The van der Waals surface area contributed by atoms with Gasteiger partial charge in [-0.3, -0.25) is 0 Å². The second-order valence-corrected chi connectivity index (χ2v) is 5.32. The van der Waals surface area contributed by atoms with E-state index in [4.69, 9.17) is 4.74 Å². The van der Waals surface area contributed by atoms with Crippen LogP contribution in [0.2, 0.25) is 0 Å². The van der Waals surface area contributed by atoms with Crippen LogP contribution < -0.4 is 15.4 Å². The van der Waals surface area contributed by atoms with Crippen LogP contribution in [0.5, 0.6) is 5.75 Å². The average Bonchev–Trinajstić information content (AvgIpc) is 2.96. The molecule has 0 aliphatic carbocycles. The molecule has 0 saturated carbocycles. The van der Waals surface area contributed by atoms with Crippen molar-refractivity contribution in [3.63, 3.8) is 0 Å². The van der Waals surface area contributed by atoms with E-state index in [-0.39, 0.29) is 0 Å². The molecule has 2 rings (SSSR count). The van der Waals surface area contributed by atoms with Crippen LogP contribution in [-0.2, 0) is 13.0 Å². The van der Waals surface area contributed by atoms with Crippen molar-refractivity contribution < 1.29 is 4.74 Å².